The molecule has 2 amide bonds. The van der Waals surface area contributed by atoms with Crippen LogP contribution < -0.4 is 5.32 Å². The third-order valence-electron chi connectivity index (χ3n) is 6.10. The highest BCUT2D eigenvalue weighted by atomic mass is 16.6. The Kier molecular flexibility index (Phi) is 7.94. The fraction of sp³-hybridized carbons (Fsp3) is 0.667. The second kappa shape index (κ2) is 10.5. The molecule has 0 radical (unpaired) electrons. The molecule has 1 N–H and O–H groups in total. The number of amides is 2. The number of alkyl carbamates (subject to hydrolysis) is 1. The summed E-state index contributed by atoms with van der Waals surface area (Å²) in [4.78, 5) is 32.6. The number of carbonyl (C=O) groups is 2. The maximum absolute atomic E-state index is 13.4. The van der Waals surface area contributed by atoms with E-state index < -0.39 is 17.7 Å². The molecule has 7 heteroatoms. The van der Waals surface area contributed by atoms with Crippen LogP contribution in [0.15, 0.2) is 30.3 Å². The minimum atomic E-state index is -0.632. The van der Waals surface area contributed by atoms with E-state index >= 15 is 0 Å². The number of hydrogen-bond acceptors (Lipinski definition) is 5. The molecule has 1 atom stereocenters. The van der Waals surface area contributed by atoms with E-state index in [0.717, 1.165) is 31.7 Å². The summed E-state index contributed by atoms with van der Waals surface area (Å²) in [6.07, 6.45) is 2.29. The highest BCUT2D eigenvalue weighted by Gasteiger charge is 2.32. The molecule has 2 aliphatic heterocycles. The zero-order valence-electron chi connectivity index (χ0n) is 19.5. The normalized spacial score (nSPS) is 20.3. The molecule has 0 aromatic heterocycles. The van der Waals surface area contributed by atoms with Gasteiger partial charge in [0.2, 0.25) is 5.91 Å². The number of ether oxygens (including phenoxy) is 1. The smallest absolute Gasteiger partial charge is 0.408 e. The van der Waals surface area contributed by atoms with Crippen molar-refractivity contribution >= 4 is 12.0 Å². The maximum atomic E-state index is 13.4. The van der Waals surface area contributed by atoms with Gasteiger partial charge in [-0.1, -0.05) is 30.3 Å². The minimum Gasteiger partial charge on any atom is -0.444 e. The second-order valence-electron chi connectivity index (χ2n) is 9.78. The number of carbonyl (C=O) groups excluding carboxylic acids is 2. The van der Waals surface area contributed by atoms with Crippen molar-refractivity contribution in [1.82, 2.24) is 20.0 Å². The van der Waals surface area contributed by atoms with E-state index in [9.17, 15) is 9.59 Å². The minimum absolute atomic E-state index is 0.0299. The van der Waals surface area contributed by atoms with E-state index in [1.54, 1.807) is 0 Å². The van der Waals surface area contributed by atoms with Crippen LogP contribution in [0.25, 0.3) is 0 Å². The van der Waals surface area contributed by atoms with Gasteiger partial charge in [-0.15, -0.1) is 0 Å². The molecule has 0 saturated carbocycles. The molecule has 0 bridgehead atoms. The predicted octanol–water partition coefficient (Wildman–Crippen LogP) is 2.36. The van der Waals surface area contributed by atoms with Crippen LogP contribution in [0.4, 0.5) is 4.79 Å². The average molecular weight is 431 g/mol. The molecular formula is C24H38N4O3. The summed E-state index contributed by atoms with van der Waals surface area (Å²) in [5.41, 5.74) is 0.409. The van der Waals surface area contributed by atoms with Gasteiger partial charge in [-0.2, -0.15) is 0 Å². The molecule has 0 unspecified atom stereocenters. The largest absolute Gasteiger partial charge is 0.444 e. The van der Waals surface area contributed by atoms with Crippen LogP contribution in [0, 0.1) is 0 Å². The first-order valence-electron chi connectivity index (χ1n) is 11.5. The third-order valence-corrected chi connectivity index (χ3v) is 6.10. The van der Waals surface area contributed by atoms with Gasteiger partial charge in [0.1, 0.15) is 11.6 Å². The van der Waals surface area contributed by atoms with Crippen LogP contribution >= 0.6 is 0 Å². The first kappa shape index (κ1) is 23.5. The Labute approximate surface area is 186 Å². The van der Waals surface area contributed by atoms with E-state index in [1.165, 1.54) is 12.8 Å². The number of piperazine rings is 1. The first-order valence-corrected chi connectivity index (χ1v) is 11.5. The summed E-state index contributed by atoms with van der Waals surface area (Å²) >= 11 is 0. The van der Waals surface area contributed by atoms with Crippen molar-refractivity contribution in [3.05, 3.63) is 35.9 Å². The number of benzene rings is 1. The van der Waals surface area contributed by atoms with Crippen molar-refractivity contribution in [1.29, 1.82) is 0 Å². The third kappa shape index (κ3) is 7.21. The van der Waals surface area contributed by atoms with Gasteiger partial charge in [0, 0.05) is 38.6 Å². The average Bonchev–Trinajstić information content (AvgIpc) is 2.73. The topological polar surface area (TPSA) is 65.1 Å². The second-order valence-corrected chi connectivity index (χ2v) is 9.78. The summed E-state index contributed by atoms with van der Waals surface area (Å²) in [7, 11) is 2.18. The number of piperidine rings is 1. The summed E-state index contributed by atoms with van der Waals surface area (Å²) in [5.74, 6) is -0.0299. The fourth-order valence-corrected chi connectivity index (χ4v) is 4.39. The van der Waals surface area contributed by atoms with Crippen LogP contribution in [-0.4, -0.2) is 90.7 Å². The first-order chi connectivity index (χ1) is 14.7. The molecule has 1 aromatic carbocycles. The quantitative estimate of drug-likeness (QED) is 0.777. The zero-order valence-corrected chi connectivity index (χ0v) is 19.5. The standard InChI is InChI=1S/C24H38N4O3/c1-24(2,3)31-23(30)25-21(18-19-8-6-5-7-9-19)22(29)28-16-14-27(15-17-28)20-10-12-26(4)13-11-20/h5-9,20-21H,10-18H2,1-4H3,(H,25,30)/t21-/m1/s1. The Morgan fingerprint density at radius 2 is 1.65 bits per heavy atom. The summed E-state index contributed by atoms with van der Waals surface area (Å²) < 4.78 is 5.42. The Bertz CT molecular complexity index is 718. The van der Waals surface area contributed by atoms with Gasteiger partial charge >= 0.3 is 6.09 Å². The number of likely N-dealkylation sites (tertiary alicyclic amines) is 1. The molecule has 172 valence electrons. The SMILES string of the molecule is CN1CCC(N2CCN(C(=O)[C@@H](Cc3ccccc3)NC(=O)OC(C)(C)C)CC2)CC1. The van der Waals surface area contributed by atoms with Crippen molar-refractivity contribution in [3.63, 3.8) is 0 Å². The number of rotatable bonds is 5. The van der Waals surface area contributed by atoms with Gasteiger partial charge in [-0.25, -0.2) is 4.79 Å². The number of nitrogens with zero attached hydrogens (tertiary/aromatic N) is 3. The van der Waals surface area contributed by atoms with Crippen LogP contribution in [0.5, 0.6) is 0 Å². The molecule has 0 spiro atoms. The molecule has 7 nitrogen and oxygen atoms in total. The van der Waals surface area contributed by atoms with Gasteiger partial charge < -0.3 is 19.9 Å². The van der Waals surface area contributed by atoms with Gasteiger partial charge in [-0.3, -0.25) is 9.69 Å². The Hall–Kier alpha value is -2.12. The monoisotopic (exact) mass is 430 g/mol. The van der Waals surface area contributed by atoms with Gasteiger partial charge in [0.05, 0.1) is 0 Å². The van der Waals surface area contributed by atoms with Crippen molar-refractivity contribution in [3.8, 4) is 0 Å². The molecule has 2 heterocycles. The van der Waals surface area contributed by atoms with Crippen LogP contribution in [0.3, 0.4) is 0 Å². The van der Waals surface area contributed by atoms with Gasteiger partial charge in [0.15, 0.2) is 0 Å². The van der Waals surface area contributed by atoms with E-state index in [2.05, 4.69) is 22.2 Å². The molecule has 2 saturated heterocycles. The lowest BCUT2D eigenvalue weighted by atomic mass is 10.0. The maximum Gasteiger partial charge on any atom is 0.408 e. The molecule has 2 fully saturated rings. The van der Waals surface area contributed by atoms with Crippen molar-refractivity contribution in [2.24, 2.45) is 0 Å². The molecule has 2 aliphatic rings. The van der Waals surface area contributed by atoms with Crippen LogP contribution in [0.2, 0.25) is 0 Å². The van der Waals surface area contributed by atoms with Crippen molar-refractivity contribution in [2.45, 2.75) is 57.7 Å². The number of hydrogen-bond donors (Lipinski definition) is 1. The lowest BCUT2D eigenvalue weighted by Gasteiger charge is -2.42. The fourth-order valence-electron chi connectivity index (χ4n) is 4.39. The summed E-state index contributed by atoms with van der Waals surface area (Å²) in [5, 5.41) is 2.83. The van der Waals surface area contributed by atoms with Crippen molar-refractivity contribution in [2.75, 3.05) is 46.3 Å². The van der Waals surface area contributed by atoms with E-state index in [4.69, 9.17) is 4.74 Å². The zero-order chi connectivity index (χ0) is 22.4. The molecule has 0 aliphatic carbocycles. The summed E-state index contributed by atoms with van der Waals surface area (Å²) in [6, 6.07) is 9.80. The number of nitrogens with one attached hydrogen (secondary N) is 1. The molecular weight excluding hydrogens is 392 g/mol. The van der Waals surface area contributed by atoms with Gasteiger partial charge in [-0.05, 0) is 59.3 Å². The van der Waals surface area contributed by atoms with E-state index in [1.807, 2.05) is 56.0 Å². The molecule has 3 rings (SSSR count). The molecule has 31 heavy (non-hydrogen) atoms. The predicted molar refractivity (Wildman–Crippen MR) is 122 cm³/mol. The molecule has 1 aromatic rings. The van der Waals surface area contributed by atoms with Crippen LogP contribution in [-0.2, 0) is 16.0 Å². The van der Waals surface area contributed by atoms with Gasteiger partial charge in [0.25, 0.3) is 0 Å². The van der Waals surface area contributed by atoms with Crippen molar-refractivity contribution < 1.29 is 14.3 Å². The van der Waals surface area contributed by atoms with Crippen LogP contribution in [0.1, 0.15) is 39.2 Å². The Morgan fingerprint density at radius 3 is 2.23 bits per heavy atom. The highest BCUT2D eigenvalue weighted by Crippen LogP contribution is 2.18. The summed E-state index contributed by atoms with van der Waals surface area (Å²) in [6.45, 7) is 10.9. The lowest BCUT2D eigenvalue weighted by Crippen LogP contribution is -2.58. The highest BCUT2D eigenvalue weighted by molar-refractivity contribution is 5.86. The van der Waals surface area contributed by atoms with E-state index in [0.29, 0.717) is 25.6 Å². The van der Waals surface area contributed by atoms with E-state index in [-0.39, 0.29) is 5.91 Å². The Balaban J connectivity index is 1.60. The Morgan fingerprint density at radius 1 is 1.03 bits per heavy atom. The lowest BCUT2D eigenvalue weighted by molar-refractivity contribution is -0.135.